The zero-order chi connectivity index (χ0) is 26.6. The number of tetrazole rings is 1. The standard InChI is InChI=1S/C26H30N6O4S/c1-6-35-19-12-10-18(11-13-19)32(23(21-8-7-15-37-21)25(34)27-26(3,4)5)22(33)16-31-29-24(28-30-31)20-14-9-17(2)36-20/h7-15,23H,6,16H2,1-5H3,(H,27,34). The highest BCUT2D eigenvalue weighted by molar-refractivity contribution is 7.10. The number of thiophene rings is 1. The van der Waals surface area contributed by atoms with Gasteiger partial charge in [0.1, 0.15) is 24.1 Å². The van der Waals surface area contributed by atoms with E-state index in [1.165, 1.54) is 21.0 Å². The van der Waals surface area contributed by atoms with Crippen molar-refractivity contribution in [2.45, 2.75) is 52.7 Å². The lowest BCUT2D eigenvalue weighted by Crippen LogP contribution is -2.50. The third-order valence-corrected chi connectivity index (χ3v) is 6.13. The van der Waals surface area contributed by atoms with E-state index in [9.17, 15) is 9.59 Å². The van der Waals surface area contributed by atoms with Gasteiger partial charge in [-0.1, -0.05) is 6.07 Å². The normalized spacial score (nSPS) is 12.2. The fraction of sp³-hybridized carbons (Fsp3) is 0.346. The highest BCUT2D eigenvalue weighted by Crippen LogP contribution is 2.32. The van der Waals surface area contributed by atoms with Crippen molar-refractivity contribution in [1.29, 1.82) is 0 Å². The Morgan fingerprint density at radius 3 is 2.51 bits per heavy atom. The fourth-order valence-electron chi connectivity index (χ4n) is 3.73. The summed E-state index contributed by atoms with van der Waals surface area (Å²) in [6.45, 7) is 9.70. The minimum Gasteiger partial charge on any atom is -0.494 e. The Bertz CT molecular complexity index is 1340. The molecule has 0 spiro atoms. The summed E-state index contributed by atoms with van der Waals surface area (Å²) in [5.41, 5.74) is 0.0434. The maximum absolute atomic E-state index is 13.8. The Hall–Kier alpha value is -3.99. The number of amides is 2. The first kappa shape index (κ1) is 26.1. The van der Waals surface area contributed by atoms with E-state index in [4.69, 9.17) is 9.15 Å². The molecule has 2 amide bonds. The number of nitrogens with one attached hydrogen (secondary N) is 1. The van der Waals surface area contributed by atoms with Crippen LogP contribution in [0.3, 0.4) is 0 Å². The van der Waals surface area contributed by atoms with Crippen LogP contribution in [0.5, 0.6) is 5.75 Å². The van der Waals surface area contributed by atoms with Crippen molar-refractivity contribution in [3.8, 4) is 17.3 Å². The Morgan fingerprint density at radius 1 is 1.16 bits per heavy atom. The lowest BCUT2D eigenvalue weighted by Gasteiger charge is -2.33. The van der Waals surface area contributed by atoms with Crippen molar-refractivity contribution in [2.75, 3.05) is 11.5 Å². The van der Waals surface area contributed by atoms with Crippen molar-refractivity contribution in [3.05, 3.63) is 64.5 Å². The number of aryl methyl sites for hydroxylation is 1. The molecule has 37 heavy (non-hydrogen) atoms. The van der Waals surface area contributed by atoms with Gasteiger partial charge in [-0.3, -0.25) is 14.5 Å². The molecule has 4 rings (SSSR count). The average Bonchev–Trinajstić information content (AvgIpc) is 3.59. The molecule has 0 bridgehead atoms. The molecule has 0 saturated carbocycles. The molecular weight excluding hydrogens is 492 g/mol. The molecule has 1 aromatic carbocycles. The largest absolute Gasteiger partial charge is 0.494 e. The molecule has 0 aliphatic heterocycles. The van der Waals surface area contributed by atoms with Crippen LogP contribution in [0.15, 0.2) is 58.3 Å². The van der Waals surface area contributed by atoms with Gasteiger partial charge in [0.05, 0.1) is 6.61 Å². The summed E-state index contributed by atoms with van der Waals surface area (Å²) < 4.78 is 11.1. The van der Waals surface area contributed by atoms with Gasteiger partial charge in [0.15, 0.2) is 5.76 Å². The Balaban J connectivity index is 1.70. The SMILES string of the molecule is CCOc1ccc(N(C(=O)Cn2nnc(-c3ccc(C)o3)n2)C(C(=O)NC(C)(C)C)c2cccs2)cc1. The number of carbonyl (C=O) groups excluding carboxylic acids is 2. The van der Waals surface area contributed by atoms with E-state index < -0.39 is 11.6 Å². The summed E-state index contributed by atoms with van der Waals surface area (Å²) in [6, 6.07) is 13.4. The number of nitrogens with zero attached hydrogens (tertiary/aromatic N) is 5. The maximum Gasteiger partial charge on any atom is 0.251 e. The Kier molecular flexibility index (Phi) is 7.72. The number of anilines is 1. The Labute approximate surface area is 219 Å². The molecule has 0 saturated heterocycles. The number of furan rings is 1. The molecule has 0 radical (unpaired) electrons. The first-order chi connectivity index (χ1) is 17.6. The molecule has 0 aliphatic carbocycles. The second-order valence-corrected chi connectivity index (χ2v) is 10.4. The zero-order valence-corrected chi connectivity index (χ0v) is 22.3. The summed E-state index contributed by atoms with van der Waals surface area (Å²) in [5.74, 6) is 1.44. The highest BCUT2D eigenvalue weighted by atomic mass is 32.1. The van der Waals surface area contributed by atoms with E-state index in [2.05, 4.69) is 20.7 Å². The second-order valence-electron chi connectivity index (χ2n) is 9.40. The van der Waals surface area contributed by atoms with Gasteiger partial charge in [0, 0.05) is 16.1 Å². The maximum atomic E-state index is 13.8. The minimum absolute atomic E-state index is 0.232. The summed E-state index contributed by atoms with van der Waals surface area (Å²) in [6.07, 6.45) is 0. The molecule has 1 unspecified atom stereocenters. The number of aromatic nitrogens is 4. The number of hydrogen-bond donors (Lipinski definition) is 1. The predicted molar refractivity (Wildman–Crippen MR) is 140 cm³/mol. The van der Waals surface area contributed by atoms with Gasteiger partial charge in [-0.25, -0.2) is 0 Å². The summed E-state index contributed by atoms with van der Waals surface area (Å²) in [5, 5.41) is 17.3. The molecule has 3 heterocycles. The van der Waals surface area contributed by atoms with Crippen molar-refractivity contribution >= 4 is 28.8 Å². The molecule has 11 heteroatoms. The summed E-state index contributed by atoms with van der Waals surface area (Å²) in [4.78, 5) is 30.8. The molecule has 1 atom stereocenters. The first-order valence-electron chi connectivity index (χ1n) is 11.9. The van der Waals surface area contributed by atoms with Crippen LogP contribution in [0, 0.1) is 6.92 Å². The van der Waals surface area contributed by atoms with Gasteiger partial charge in [0.25, 0.3) is 5.91 Å². The number of carbonyl (C=O) groups is 2. The highest BCUT2D eigenvalue weighted by Gasteiger charge is 2.35. The van der Waals surface area contributed by atoms with Crippen LogP contribution in [0.2, 0.25) is 0 Å². The number of hydrogen-bond acceptors (Lipinski definition) is 8. The van der Waals surface area contributed by atoms with Gasteiger partial charge in [-0.05, 0) is 87.7 Å². The zero-order valence-electron chi connectivity index (χ0n) is 21.5. The molecule has 3 aromatic heterocycles. The molecule has 10 nitrogen and oxygen atoms in total. The number of benzene rings is 1. The van der Waals surface area contributed by atoms with Crippen molar-refractivity contribution in [3.63, 3.8) is 0 Å². The third-order valence-electron chi connectivity index (χ3n) is 5.20. The van der Waals surface area contributed by atoms with E-state index in [1.807, 2.05) is 52.1 Å². The molecule has 0 fully saturated rings. The van der Waals surface area contributed by atoms with Crippen LogP contribution in [0.1, 0.15) is 44.4 Å². The van der Waals surface area contributed by atoms with Gasteiger partial charge >= 0.3 is 0 Å². The van der Waals surface area contributed by atoms with E-state index in [0.717, 1.165) is 4.88 Å². The lowest BCUT2D eigenvalue weighted by molar-refractivity contribution is -0.128. The van der Waals surface area contributed by atoms with E-state index in [0.29, 0.717) is 29.6 Å². The van der Waals surface area contributed by atoms with Gasteiger partial charge in [-0.2, -0.15) is 4.80 Å². The predicted octanol–water partition coefficient (Wildman–Crippen LogP) is 4.39. The first-order valence-corrected chi connectivity index (χ1v) is 12.8. The molecule has 1 N–H and O–H groups in total. The van der Waals surface area contributed by atoms with Crippen molar-refractivity contribution in [2.24, 2.45) is 0 Å². The van der Waals surface area contributed by atoms with E-state index in [1.54, 1.807) is 36.4 Å². The van der Waals surface area contributed by atoms with Crippen LogP contribution in [0.25, 0.3) is 11.6 Å². The number of ether oxygens (including phenoxy) is 1. The smallest absolute Gasteiger partial charge is 0.251 e. The quantitative estimate of drug-likeness (QED) is 0.347. The van der Waals surface area contributed by atoms with Gasteiger partial charge in [0.2, 0.25) is 11.7 Å². The van der Waals surface area contributed by atoms with Gasteiger partial charge < -0.3 is 14.5 Å². The van der Waals surface area contributed by atoms with Crippen molar-refractivity contribution < 1.29 is 18.7 Å². The monoisotopic (exact) mass is 522 g/mol. The molecule has 0 aliphatic rings. The topological polar surface area (TPSA) is 115 Å². The fourth-order valence-corrected chi connectivity index (χ4v) is 4.54. The van der Waals surface area contributed by atoms with Gasteiger partial charge in [-0.15, -0.1) is 21.5 Å². The van der Waals surface area contributed by atoms with Crippen LogP contribution in [-0.2, 0) is 16.1 Å². The molecular formula is C26H30N6O4S. The average molecular weight is 523 g/mol. The van der Waals surface area contributed by atoms with Crippen LogP contribution >= 0.6 is 11.3 Å². The Morgan fingerprint density at radius 2 is 1.92 bits per heavy atom. The van der Waals surface area contributed by atoms with Crippen LogP contribution < -0.4 is 15.0 Å². The lowest BCUT2D eigenvalue weighted by atomic mass is 10.1. The van der Waals surface area contributed by atoms with Crippen LogP contribution in [0.4, 0.5) is 5.69 Å². The van der Waals surface area contributed by atoms with E-state index >= 15 is 0 Å². The second kappa shape index (κ2) is 11.0. The van der Waals surface area contributed by atoms with Crippen molar-refractivity contribution in [1.82, 2.24) is 25.5 Å². The summed E-state index contributed by atoms with van der Waals surface area (Å²) in [7, 11) is 0. The minimum atomic E-state index is -0.902. The van der Waals surface area contributed by atoms with E-state index in [-0.39, 0.29) is 24.2 Å². The van der Waals surface area contributed by atoms with Crippen LogP contribution in [-0.4, -0.2) is 44.2 Å². The summed E-state index contributed by atoms with van der Waals surface area (Å²) >= 11 is 1.40. The third kappa shape index (κ3) is 6.42. The molecule has 194 valence electrons. The molecule has 4 aromatic rings. The number of rotatable bonds is 9.